The van der Waals surface area contributed by atoms with Crippen molar-refractivity contribution >= 4 is 22.4 Å². The lowest BCUT2D eigenvalue weighted by Gasteiger charge is -2.21. The molecule has 0 aliphatic heterocycles. The molecule has 23 heavy (non-hydrogen) atoms. The Morgan fingerprint density at radius 3 is 2.70 bits per heavy atom. The molecule has 2 aromatic rings. The lowest BCUT2D eigenvalue weighted by Crippen LogP contribution is -2.33. The molecule has 1 unspecified atom stereocenters. The molecule has 1 fully saturated rings. The molecule has 0 N–H and O–H groups in total. The summed E-state index contributed by atoms with van der Waals surface area (Å²) in [5.41, 5.74) is 3.08. The highest BCUT2D eigenvalue weighted by molar-refractivity contribution is 5.89. The van der Waals surface area contributed by atoms with E-state index in [-0.39, 0.29) is 0 Å². The fraction of sp³-hybridized carbons (Fsp3) is 0.304. The van der Waals surface area contributed by atoms with Crippen LogP contribution < -0.4 is 10.4 Å². The van der Waals surface area contributed by atoms with Crippen molar-refractivity contribution in [1.82, 2.24) is 0 Å². The topological polar surface area (TPSA) is 0 Å². The molecule has 0 saturated heterocycles. The Kier molecular flexibility index (Phi) is 3.04. The van der Waals surface area contributed by atoms with Gasteiger partial charge in [0.25, 0.3) is 0 Å². The molecule has 0 heteroatoms. The van der Waals surface area contributed by atoms with E-state index in [2.05, 4.69) is 60.7 Å². The van der Waals surface area contributed by atoms with Crippen LogP contribution in [0.3, 0.4) is 0 Å². The van der Waals surface area contributed by atoms with Gasteiger partial charge in [-0.2, -0.15) is 0 Å². The first kappa shape index (κ1) is 13.4. The number of allylic oxidation sites excluding steroid dienone is 4. The van der Waals surface area contributed by atoms with Crippen molar-refractivity contribution < 1.29 is 0 Å². The van der Waals surface area contributed by atoms with Gasteiger partial charge >= 0.3 is 0 Å². The van der Waals surface area contributed by atoms with Gasteiger partial charge in [0.05, 0.1) is 0 Å². The Bertz CT molecular complexity index is 949. The fourth-order valence-corrected chi connectivity index (χ4v) is 4.79. The predicted octanol–water partition coefficient (Wildman–Crippen LogP) is 4.57. The van der Waals surface area contributed by atoms with E-state index in [9.17, 15) is 0 Å². The maximum Gasteiger partial charge on any atom is 0.00620 e. The molecule has 1 saturated carbocycles. The molecule has 0 amide bonds. The first-order valence-electron chi connectivity index (χ1n) is 9.03. The second-order valence-electron chi connectivity index (χ2n) is 7.20. The van der Waals surface area contributed by atoms with Crippen LogP contribution in [0.15, 0.2) is 54.6 Å². The Morgan fingerprint density at radius 1 is 0.870 bits per heavy atom. The zero-order chi connectivity index (χ0) is 15.2. The number of rotatable bonds is 1. The van der Waals surface area contributed by atoms with E-state index in [1.165, 1.54) is 52.5 Å². The minimum Gasteiger partial charge on any atom is -0.0767 e. The largest absolute Gasteiger partial charge is 0.0767 e. The van der Waals surface area contributed by atoms with Crippen LogP contribution in [0.4, 0.5) is 0 Å². The van der Waals surface area contributed by atoms with Gasteiger partial charge in [0, 0.05) is 5.92 Å². The monoisotopic (exact) mass is 298 g/mol. The van der Waals surface area contributed by atoms with E-state index in [4.69, 9.17) is 0 Å². The van der Waals surface area contributed by atoms with Crippen molar-refractivity contribution in [1.29, 1.82) is 0 Å². The van der Waals surface area contributed by atoms with Crippen molar-refractivity contribution in [3.05, 3.63) is 70.6 Å². The van der Waals surface area contributed by atoms with E-state index >= 15 is 0 Å². The third-order valence-corrected chi connectivity index (χ3v) is 5.95. The summed E-state index contributed by atoms with van der Waals surface area (Å²) >= 11 is 0. The van der Waals surface area contributed by atoms with Crippen LogP contribution in [0.2, 0.25) is 0 Å². The molecule has 0 aromatic heterocycles. The first-order valence-corrected chi connectivity index (χ1v) is 9.03. The zero-order valence-corrected chi connectivity index (χ0v) is 13.5. The normalized spacial score (nSPS) is 23.0. The Balaban J connectivity index is 1.81. The Morgan fingerprint density at radius 2 is 1.78 bits per heavy atom. The number of fused-ring (bicyclic) bond motifs is 4. The van der Waals surface area contributed by atoms with E-state index < -0.39 is 0 Å². The highest BCUT2D eigenvalue weighted by atomic mass is 14.2. The molecule has 2 aromatic carbocycles. The van der Waals surface area contributed by atoms with Gasteiger partial charge in [-0.3, -0.25) is 0 Å². The van der Waals surface area contributed by atoms with E-state index in [1.54, 1.807) is 5.56 Å². The summed E-state index contributed by atoms with van der Waals surface area (Å²) in [5.74, 6) is 1.35. The lowest BCUT2D eigenvalue weighted by atomic mass is 9.83. The standard InChI is InChI=1S/C23H22/c1-2-7-16(6-1)19-10-5-11-20-21(19)14-15-22-18-9-4-3-8-17(18)12-13-23(20)22/h3-5,8-11,13-17H,1-2,6-7,12H2. The maximum atomic E-state index is 2.47. The van der Waals surface area contributed by atoms with Gasteiger partial charge in [-0.1, -0.05) is 73.6 Å². The van der Waals surface area contributed by atoms with Crippen LogP contribution in [-0.2, 0) is 0 Å². The molecule has 1 atom stereocenters. The molecule has 3 aliphatic rings. The number of hydrogen-bond acceptors (Lipinski definition) is 0. The molecule has 0 radical (unpaired) electrons. The molecule has 0 bridgehead atoms. The van der Waals surface area contributed by atoms with Gasteiger partial charge in [-0.05, 0) is 57.5 Å². The quantitative estimate of drug-likeness (QED) is 0.723. The Hall–Kier alpha value is -2.08. The van der Waals surface area contributed by atoms with Crippen molar-refractivity contribution in [3.8, 4) is 0 Å². The van der Waals surface area contributed by atoms with E-state index in [1.807, 2.05) is 0 Å². The van der Waals surface area contributed by atoms with Gasteiger partial charge in [-0.15, -0.1) is 0 Å². The fourth-order valence-electron chi connectivity index (χ4n) is 4.79. The zero-order valence-electron chi connectivity index (χ0n) is 13.5. The summed E-state index contributed by atoms with van der Waals surface area (Å²) in [4.78, 5) is 0. The maximum absolute atomic E-state index is 2.47. The molecular weight excluding hydrogens is 276 g/mol. The third kappa shape index (κ3) is 2.05. The molecule has 0 nitrogen and oxygen atoms in total. The van der Waals surface area contributed by atoms with Crippen molar-refractivity contribution in [2.45, 2.75) is 38.0 Å². The van der Waals surface area contributed by atoms with Gasteiger partial charge < -0.3 is 0 Å². The van der Waals surface area contributed by atoms with Gasteiger partial charge in [-0.25, -0.2) is 0 Å². The third-order valence-electron chi connectivity index (χ3n) is 5.95. The van der Waals surface area contributed by atoms with Crippen LogP contribution in [-0.4, -0.2) is 0 Å². The summed E-state index contributed by atoms with van der Waals surface area (Å²) in [5, 5.41) is 5.86. The molecule has 0 spiro atoms. The van der Waals surface area contributed by atoms with Crippen molar-refractivity contribution in [2.24, 2.45) is 5.92 Å². The van der Waals surface area contributed by atoms with E-state index in [0.29, 0.717) is 5.92 Å². The molecule has 3 aliphatic carbocycles. The summed E-state index contributed by atoms with van der Waals surface area (Å²) in [7, 11) is 0. The highest BCUT2D eigenvalue weighted by Crippen LogP contribution is 2.37. The lowest BCUT2D eigenvalue weighted by molar-refractivity contribution is 0.729. The molecule has 114 valence electrons. The van der Waals surface area contributed by atoms with Crippen LogP contribution >= 0.6 is 0 Å². The van der Waals surface area contributed by atoms with Crippen LogP contribution in [0.5, 0.6) is 0 Å². The first-order chi connectivity index (χ1) is 11.4. The molecule has 5 rings (SSSR count). The number of benzene rings is 2. The predicted molar refractivity (Wildman–Crippen MR) is 98.7 cm³/mol. The average molecular weight is 298 g/mol. The highest BCUT2D eigenvalue weighted by Gasteiger charge is 2.20. The van der Waals surface area contributed by atoms with Gasteiger partial charge in [0.1, 0.15) is 0 Å². The summed E-state index contributed by atoms with van der Waals surface area (Å²) in [6.45, 7) is 0. The molecular formula is C23H22. The van der Waals surface area contributed by atoms with Gasteiger partial charge in [0.15, 0.2) is 0 Å². The Labute approximate surface area is 137 Å². The summed E-state index contributed by atoms with van der Waals surface area (Å²) in [6.07, 6.45) is 18.1. The van der Waals surface area contributed by atoms with Crippen molar-refractivity contribution in [2.75, 3.05) is 0 Å². The van der Waals surface area contributed by atoms with Crippen LogP contribution in [0, 0.1) is 5.92 Å². The van der Waals surface area contributed by atoms with Gasteiger partial charge in [0.2, 0.25) is 0 Å². The summed E-state index contributed by atoms with van der Waals surface area (Å²) < 4.78 is 0. The second-order valence-corrected chi connectivity index (χ2v) is 7.20. The minimum atomic E-state index is 0.572. The van der Waals surface area contributed by atoms with Crippen LogP contribution in [0.1, 0.15) is 43.6 Å². The van der Waals surface area contributed by atoms with Crippen molar-refractivity contribution in [3.63, 3.8) is 0 Å². The minimum absolute atomic E-state index is 0.572. The molecule has 0 heterocycles. The van der Waals surface area contributed by atoms with E-state index in [0.717, 1.165) is 12.3 Å². The SMILES string of the molecule is C1=CC2=c3ccc4c(C5CCCC5)cccc4c3=CCC2C=C1. The average Bonchev–Trinajstić information content (AvgIpc) is 3.15. The summed E-state index contributed by atoms with van der Waals surface area (Å²) in [6, 6.07) is 11.7. The smallest absolute Gasteiger partial charge is 0.00620 e. The van der Waals surface area contributed by atoms with Crippen LogP contribution in [0.25, 0.3) is 22.4 Å². The second kappa shape index (κ2) is 5.23. The number of hydrogen-bond donors (Lipinski definition) is 0.